The van der Waals surface area contributed by atoms with E-state index in [2.05, 4.69) is 11.6 Å². The molecule has 1 atom stereocenters. The van der Waals surface area contributed by atoms with E-state index in [1.807, 2.05) is 36.4 Å². The number of hydrogen-bond acceptors (Lipinski definition) is 4. The van der Waals surface area contributed by atoms with Crippen molar-refractivity contribution in [1.29, 1.82) is 0 Å². The first-order valence-corrected chi connectivity index (χ1v) is 11.5. The van der Waals surface area contributed by atoms with Gasteiger partial charge < -0.3 is 9.64 Å². The molecule has 0 saturated carbocycles. The number of fused-ring (bicyclic) bond motifs is 1. The molecule has 0 spiro atoms. The quantitative estimate of drug-likeness (QED) is 0.382. The van der Waals surface area contributed by atoms with Gasteiger partial charge in [0, 0.05) is 19.3 Å². The number of imidazole rings is 1. The van der Waals surface area contributed by atoms with Gasteiger partial charge in [-0.15, -0.1) is 0 Å². The summed E-state index contributed by atoms with van der Waals surface area (Å²) in [7, 11) is 0. The smallest absolute Gasteiger partial charge is 0.334 e. The van der Waals surface area contributed by atoms with E-state index in [-0.39, 0.29) is 17.6 Å². The van der Waals surface area contributed by atoms with Crippen LogP contribution in [0.25, 0.3) is 16.7 Å². The number of likely N-dealkylation sites (tertiary alicyclic amines) is 1. The fraction of sp³-hybridized carbons (Fsp3) is 0.192. The molecule has 1 amide bonds. The molecule has 172 valence electrons. The van der Waals surface area contributed by atoms with Gasteiger partial charge >= 0.3 is 5.69 Å². The summed E-state index contributed by atoms with van der Waals surface area (Å²) in [6.07, 6.45) is 6.27. The second-order valence-electron chi connectivity index (χ2n) is 8.17. The van der Waals surface area contributed by atoms with Crippen LogP contribution >= 0.6 is 11.6 Å². The molecule has 1 unspecified atom stereocenters. The molecule has 1 fully saturated rings. The standard InChI is InChI=1S/C26H23ClN4O3/c1-2-25(32)29-14-6-7-19(17-29)31-22-12-13-28-16-23(22)30(26(31)33)18-10-11-24(21(27)15-18)34-20-8-4-3-5-9-20/h2-5,8-13,15-16,19H,1,6-7,14,17H2. The van der Waals surface area contributed by atoms with E-state index in [4.69, 9.17) is 16.3 Å². The molecule has 5 rings (SSSR count). The van der Waals surface area contributed by atoms with Gasteiger partial charge in [0.2, 0.25) is 5.91 Å². The van der Waals surface area contributed by atoms with E-state index >= 15 is 0 Å². The van der Waals surface area contributed by atoms with Gasteiger partial charge in [-0.2, -0.15) is 0 Å². The second-order valence-corrected chi connectivity index (χ2v) is 8.57. The zero-order valence-corrected chi connectivity index (χ0v) is 19.2. The number of benzene rings is 2. The number of carbonyl (C=O) groups excluding carboxylic acids is 1. The van der Waals surface area contributed by atoms with Crippen LogP contribution in [0.1, 0.15) is 18.9 Å². The summed E-state index contributed by atoms with van der Waals surface area (Å²) in [4.78, 5) is 31.9. The zero-order valence-electron chi connectivity index (χ0n) is 18.4. The lowest BCUT2D eigenvalue weighted by atomic mass is 10.1. The molecule has 8 heteroatoms. The Bertz CT molecular complexity index is 1430. The minimum atomic E-state index is -0.200. The van der Waals surface area contributed by atoms with E-state index in [1.54, 1.807) is 44.6 Å². The topological polar surface area (TPSA) is 69.4 Å². The molecule has 1 saturated heterocycles. The van der Waals surface area contributed by atoms with Crippen molar-refractivity contribution in [1.82, 2.24) is 19.0 Å². The Labute approximate surface area is 201 Å². The maximum absolute atomic E-state index is 13.7. The highest BCUT2D eigenvalue weighted by molar-refractivity contribution is 6.32. The van der Waals surface area contributed by atoms with E-state index in [1.165, 1.54) is 6.08 Å². The molecule has 0 radical (unpaired) electrons. The van der Waals surface area contributed by atoms with Gasteiger partial charge in [0.1, 0.15) is 11.5 Å². The summed E-state index contributed by atoms with van der Waals surface area (Å²) in [5, 5.41) is 0.387. The maximum atomic E-state index is 13.7. The molecule has 7 nitrogen and oxygen atoms in total. The van der Waals surface area contributed by atoms with Crippen molar-refractivity contribution in [3.8, 4) is 17.2 Å². The van der Waals surface area contributed by atoms with Crippen LogP contribution in [0.5, 0.6) is 11.5 Å². The van der Waals surface area contributed by atoms with Crippen LogP contribution in [0, 0.1) is 0 Å². The molecular weight excluding hydrogens is 452 g/mol. The van der Waals surface area contributed by atoms with Crippen LogP contribution in [0.2, 0.25) is 5.02 Å². The molecule has 2 aromatic carbocycles. The number of pyridine rings is 1. The van der Waals surface area contributed by atoms with E-state index in [9.17, 15) is 9.59 Å². The van der Waals surface area contributed by atoms with Gasteiger partial charge in [0.05, 0.1) is 34.0 Å². The van der Waals surface area contributed by atoms with Crippen LogP contribution in [0.15, 0.2) is 84.4 Å². The van der Waals surface area contributed by atoms with Crippen molar-refractivity contribution in [3.05, 3.63) is 95.2 Å². The first kappa shape index (κ1) is 22.0. The minimum absolute atomic E-state index is 0.121. The number of ether oxygens (including phenoxy) is 1. The highest BCUT2D eigenvalue weighted by atomic mass is 35.5. The highest BCUT2D eigenvalue weighted by Gasteiger charge is 2.28. The van der Waals surface area contributed by atoms with Gasteiger partial charge in [0.15, 0.2) is 0 Å². The largest absolute Gasteiger partial charge is 0.456 e. The number of halogens is 1. The van der Waals surface area contributed by atoms with Crippen molar-refractivity contribution >= 4 is 28.5 Å². The fourth-order valence-electron chi connectivity index (χ4n) is 4.49. The summed E-state index contributed by atoms with van der Waals surface area (Å²) < 4.78 is 9.25. The molecule has 1 aliphatic rings. The maximum Gasteiger partial charge on any atom is 0.334 e. The average molecular weight is 475 g/mol. The number of piperidine rings is 1. The SMILES string of the molecule is C=CC(=O)N1CCCC(n2c(=O)n(-c3ccc(Oc4ccccc4)c(Cl)c3)c3cnccc32)C1. The van der Waals surface area contributed by atoms with Crippen LogP contribution in [-0.4, -0.2) is 38.0 Å². The molecule has 34 heavy (non-hydrogen) atoms. The summed E-state index contributed by atoms with van der Waals surface area (Å²) >= 11 is 6.54. The van der Waals surface area contributed by atoms with Crippen LogP contribution in [0.4, 0.5) is 0 Å². The summed E-state index contributed by atoms with van der Waals surface area (Å²) in [5.41, 5.74) is 1.85. The van der Waals surface area contributed by atoms with Gasteiger partial charge in [-0.1, -0.05) is 36.4 Å². The van der Waals surface area contributed by atoms with Gasteiger partial charge in [-0.3, -0.25) is 18.9 Å². The van der Waals surface area contributed by atoms with Crippen LogP contribution in [-0.2, 0) is 4.79 Å². The summed E-state index contributed by atoms with van der Waals surface area (Å²) in [6.45, 7) is 4.71. The average Bonchev–Trinajstić information content (AvgIpc) is 3.17. The Morgan fingerprint density at radius 3 is 2.74 bits per heavy atom. The lowest BCUT2D eigenvalue weighted by molar-refractivity contribution is -0.127. The van der Waals surface area contributed by atoms with Crippen molar-refractivity contribution < 1.29 is 9.53 Å². The van der Waals surface area contributed by atoms with Crippen molar-refractivity contribution in [2.45, 2.75) is 18.9 Å². The Balaban J connectivity index is 1.56. The number of amides is 1. The van der Waals surface area contributed by atoms with Gasteiger partial charge in [-0.25, -0.2) is 4.79 Å². The first-order chi connectivity index (χ1) is 16.6. The molecule has 4 aromatic rings. The lowest BCUT2D eigenvalue weighted by Crippen LogP contribution is -2.42. The molecule has 3 heterocycles. The minimum Gasteiger partial charge on any atom is -0.456 e. The van der Waals surface area contributed by atoms with E-state index in [0.29, 0.717) is 40.8 Å². The molecule has 1 aliphatic heterocycles. The van der Waals surface area contributed by atoms with Crippen molar-refractivity contribution in [2.75, 3.05) is 13.1 Å². The Kier molecular flexibility index (Phi) is 5.94. The van der Waals surface area contributed by atoms with Gasteiger partial charge in [0.25, 0.3) is 0 Å². The molecule has 2 aromatic heterocycles. The second kappa shape index (κ2) is 9.19. The summed E-state index contributed by atoms with van der Waals surface area (Å²) in [5.74, 6) is 1.05. The normalized spacial score (nSPS) is 15.9. The predicted molar refractivity (Wildman–Crippen MR) is 132 cm³/mol. The number of hydrogen-bond donors (Lipinski definition) is 0. The number of rotatable bonds is 5. The van der Waals surface area contributed by atoms with Crippen LogP contribution < -0.4 is 10.4 Å². The Morgan fingerprint density at radius 1 is 1.15 bits per heavy atom. The van der Waals surface area contributed by atoms with Gasteiger partial charge in [-0.05, 0) is 55.3 Å². The molecule has 0 aliphatic carbocycles. The van der Waals surface area contributed by atoms with Crippen LogP contribution in [0.3, 0.4) is 0 Å². The molecular formula is C26H23ClN4O3. The number of nitrogens with zero attached hydrogens (tertiary/aromatic N) is 4. The number of aromatic nitrogens is 3. The third kappa shape index (κ3) is 3.99. The Morgan fingerprint density at radius 2 is 1.97 bits per heavy atom. The van der Waals surface area contributed by atoms with Crippen molar-refractivity contribution in [3.63, 3.8) is 0 Å². The first-order valence-electron chi connectivity index (χ1n) is 11.1. The lowest BCUT2D eigenvalue weighted by Gasteiger charge is -2.32. The fourth-order valence-corrected chi connectivity index (χ4v) is 4.71. The number of carbonyl (C=O) groups is 1. The van der Waals surface area contributed by atoms with E-state index in [0.717, 1.165) is 18.4 Å². The van der Waals surface area contributed by atoms with E-state index < -0.39 is 0 Å². The Hall–Kier alpha value is -3.84. The highest BCUT2D eigenvalue weighted by Crippen LogP contribution is 2.32. The molecule has 0 bridgehead atoms. The predicted octanol–water partition coefficient (Wildman–Crippen LogP) is 4.98. The third-order valence-corrected chi connectivity index (χ3v) is 6.36. The number of para-hydroxylation sites is 1. The summed E-state index contributed by atoms with van der Waals surface area (Å²) in [6, 6.07) is 16.3. The zero-order chi connectivity index (χ0) is 23.7. The monoisotopic (exact) mass is 474 g/mol. The van der Waals surface area contributed by atoms with Crippen molar-refractivity contribution in [2.24, 2.45) is 0 Å². The molecule has 0 N–H and O–H groups in total. The third-order valence-electron chi connectivity index (χ3n) is 6.07.